The quantitative estimate of drug-likeness (QED) is 0.578. The summed E-state index contributed by atoms with van der Waals surface area (Å²) in [6, 6.07) is 14.7. The van der Waals surface area contributed by atoms with E-state index >= 15 is 0 Å². The van der Waals surface area contributed by atoms with Gasteiger partial charge < -0.3 is 15.0 Å². The first-order valence-corrected chi connectivity index (χ1v) is 10.1. The highest BCUT2D eigenvalue weighted by atomic mass is 32.2. The molecule has 1 aromatic heterocycles. The van der Waals surface area contributed by atoms with Crippen molar-refractivity contribution in [2.45, 2.75) is 18.7 Å². The van der Waals surface area contributed by atoms with Gasteiger partial charge in [-0.3, -0.25) is 0 Å². The molecule has 0 fully saturated rings. The van der Waals surface area contributed by atoms with Crippen LogP contribution in [0.25, 0.3) is 10.9 Å². The summed E-state index contributed by atoms with van der Waals surface area (Å²) in [7, 11) is -3.61. The molecule has 0 atom stereocenters. The lowest BCUT2D eigenvalue weighted by Gasteiger charge is -2.19. The standard InChI is InChI=1S/C19H21N3O4S/c20-27(25,26)13-15-6-7-18-17(10-15)16(11-21-18)8-9-22(19(23)24)12-14-4-2-1-3-5-14/h1-7,10-11,21H,8-9,12-13H2,(H,23,24)(H2,20,25,26). The predicted molar refractivity (Wildman–Crippen MR) is 104 cm³/mol. The molecule has 3 aromatic rings. The van der Waals surface area contributed by atoms with Gasteiger partial charge in [-0.25, -0.2) is 18.4 Å². The Morgan fingerprint density at radius 1 is 1.11 bits per heavy atom. The van der Waals surface area contributed by atoms with Crippen LogP contribution >= 0.6 is 0 Å². The second-order valence-electron chi connectivity index (χ2n) is 6.44. The average Bonchev–Trinajstić information content (AvgIpc) is 3.00. The van der Waals surface area contributed by atoms with Gasteiger partial charge in [-0.1, -0.05) is 36.4 Å². The molecular formula is C19H21N3O4S. The number of carbonyl (C=O) groups is 1. The van der Waals surface area contributed by atoms with Gasteiger partial charge in [0.1, 0.15) is 0 Å². The zero-order valence-electron chi connectivity index (χ0n) is 14.6. The Bertz CT molecular complexity index is 1050. The first kappa shape index (κ1) is 18.9. The minimum Gasteiger partial charge on any atom is -0.465 e. The van der Waals surface area contributed by atoms with Crippen LogP contribution in [0.3, 0.4) is 0 Å². The molecule has 0 aliphatic heterocycles. The Balaban J connectivity index is 1.76. The van der Waals surface area contributed by atoms with Gasteiger partial charge in [-0.05, 0) is 35.2 Å². The van der Waals surface area contributed by atoms with E-state index in [1.807, 2.05) is 36.5 Å². The fourth-order valence-electron chi connectivity index (χ4n) is 3.06. The fourth-order valence-corrected chi connectivity index (χ4v) is 3.70. The Morgan fingerprint density at radius 2 is 1.85 bits per heavy atom. The van der Waals surface area contributed by atoms with Crippen molar-refractivity contribution >= 4 is 27.0 Å². The number of aromatic amines is 1. The number of fused-ring (bicyclic) bond motifs is 1. The molecule has 0 aliphatic carbocycles. The number of nitrogens with two attached hydrogens (primary N) is 1. The number of carboxylic acid groups (broad SMARTS) is 1. The number of rotatable bonds is 7. The van der Waals surface area contributed by atoms with Gasteiger partial charge in [0, 0.05) is 30.2 Å². The molecule has 8 heteroatoms. The molecule has 4 N–H and O–H groups in total. The molecule has 0 unspecified atom stereocenters. The highest BCUT2D eigenvalue weighted by Gasteiger charge is 2.14. The van der Waals surface area contributed by atoms with E-state index < -0.39 is 16.1 Å². The van der Waals surface area contributed by atoms with E-state index in [1.165, 1.54) is 4.90 Å². The van der Waals surface area contributed by atoms with Crippen molar-refractivity contribution in [3.8, 4) is 0 Å². The first-order chi connectivity index (χ1) is 12.8. The van der Waals surface area contributed by atoms with Crippen LogP contribution in [0.2, 0.25) is 0 Å². The van der Waals surface area contributed by atoms with Gasteiger partial charge >= 0.3 is 6.09 Å². The molecule has 0 radical (unpaired) electrons. The molecular weight excluding hydrogens is 366 g/mol. The van der Waals surface area contributed by atoms with E-state index in [9.17, 15) is 18.3 Å². The molecule has 0 aliphatic rings. The average molecular weight is 387 g/mol. The third-order valence-electron chi connectivity index (χ3n) is 4.34. The van der Waals surface area contributed by atoms with Crippen molar-refractivity contribution in [3.63, 3.8) is 0 Å². The predicted octanol–water partition coefficient (Wildman–Crippen LogP) is 2.68. The number of aromatic nitrogens is 1. The number of amides is 1. The highest BCUT2D eigenvalue weighted by Crippen LogP contribution is 2.22. The molecule has 142 valence electrons. The topological polar surface area (TPSA) is 116 Å². The van der Waals surface area contributed by atoms with E-state index in [2.05, 4.69) is 4.98 Å². The minimum atomic E-state index is -3.61. The third kappa shape index (κ3) is 5.08. The summed E-state index contributed by atoms with van der Waals surface area (Å²) in [6.45, 7) is 0.645. The summed E-state index contributed by atoms with van der Waals surface area (Å²) in [5, 5.41) is 15.5. The Morgan fingerprint density at radius 3 is 2.52 bits per heavy atom. The minimum absolute atomic E-state index is 0.233. The van der Waals surface area contributed by atoms with Crippen LogP contribution in [0.15, 0.2) is 54.7 Å². The van der Waals surface area contributed by atoms with Crippen LogP contribution in [0.5, 0.6) is 0 Å². The Kier molecular flexibility index (Phi) is 5.48. The maximum atomic E-state index is 11.6. The van der Waals surface area contributed by atoms with Gasteiger partial charge in [0.15, 0.2) is 0 Å². The number of sulfonamides is 1. The fraction of sp³-hybridized carbons (Fsp3) is 0.211. The summed E-state index contributed by atoms with van der Waals surface area (Å²) in [5.74, 6) is -0.233. The normalized spacial score (nSPS) is 11.6. The number of primary sulfonamides is 1. The van der Waals surface area contributed by atoms with Crippen molar-refractivity contribution in [2.24, 2.45) is 5.14 Å². The molecule has 27 heavy (non-hydrogen) atoms. The van der Waals surface area contributed by atoms with Gasteiger partial charge in [-0.2, -0.15) is 0 Å². The summed E-state index contributed by atoms with van der Waals surface area (Å²) in [5.41, 5.74) is 3.33. The van der Waals surface area contributed by atoms with E-state index in [0.717, 1.165) is 22.0 Å². The monoisotopic (exact) mass is 387 g/mol. The van der Waals surface area contributed by atoms with Crippen LogP contribution in [0.4, 0.5) is 4.79 Å². The summed E-state index contributed by atoms with van der Waals surface area (Å²) in [4.78, 5) is 16.1. The molecule has 0 bridgehead atoms. The number of nitrogens with one attached hydrogen (secondary N) is 1. The molecule has 0 saturated heterocycles. The third-order valence-corrected chi connectivity index (χ3v) is 5.07. The van der Waals surface area contributed by atoms with Crippen molar-refractivity contribution in [1.29, 1.82) is 0 Å². The van der Waals surface area contributed by atoms with Crippen LogP contribution < -0.4 is 5.14 Å². The molecule has 0 spiro atoms. The number of H-pyrrole nitrogens is 1. The van der Waals surface area contributed by atoms with Gasteiger partial charge in [0.05, 0.1) is 5.75 Å². The SMILES string of the molecule is NS(=O)(=O)Cc1ccc2[nH]cc(CCN(Cc3ccccc3)C(=O)O)c2c1. The summed E-state index contributed by atoms with van der Waals surface area (Å²) < 4.78 is 22.6. The zero-order chi connectivity index (χ0) is 19.4. The molecule has 7 nitrogen and oxygen atoms in total. The smallest absolute Gasteiger partial charge is 0.407 e. The van der Waals surface area contributed by atoms with Crippen LogP contribution in [-0.4, -0.2) is 36.0 Å². The number of benzene rings is 2. The number of nitrogens with zero attached hydrogens (tertiary/aromatic N) is 1. The Hall–Kier alpha value is -2.84. The first-order valence-electron chi connectivity index (χ1n) is 8.43. The van der Waals surface area contributed by atoms with E-state index in [4.69, 9.17) is 5.14 Å². The second-order valence-corrected chi connectivity index (χ2v) is 8.06. The highest BCUT2D eigenvalue weighted by molar-refractivity contribution is 7.88. The lowest BCUT2D eigenvalue weighted by atomic mass is 10.1. The van der Waals surface area contributed by atoms with Crippen molar-refractivity contribution in [1.82, 2.24) is 9.88 Å². The molecule has 3 rings (SSSR count). The van der Waals surface area contributed by atoms with Crippen molar-refractivity contribution < 1.29 is 18.3 Å². The lowest BCUT2D eigenvalue weighted by molar-refractivity contribution is 0.143. The van der Waals surface area contributed by atoms with Crippen LogP contribution in [0, 0.1) is 0 Å². The largest absolute Gasteiger partial charge is 0.465 e. The molecule has 0 saturated carbocycles. The lowest BCUT2D eigenvalue weighted by Crippen LogP contribution is -2.30. The maximum Gasteiger partial charge on any atom is 0.407 e. The van der Waals surface area contributed by atoms with Crippen molar-refractivity contribution in [3.05, 3.63) is 71.4 Å². The zero-order valence-corrected chi connectivity index (χ0v) is 15.4. The Labute approximate surface area is 157 Å². The van der Waals surface area contributed by atoms with Crippen LogP contribution in [-0.2, 0) is 28.7 Å². The second kappa shape index (κ2) is 7.81. The summed E-state index contributed by atoms with van der Waals surface area (Å²) in [6.07, 6.45) is 1.36. The van der Waals surface area contributed by atoms with E-state index in [1.54, 1.807) is 18.2 Å². The molecule has 1 amide bonds. The van der Waals surface area contributed by atoms with Crippen molar-refractivity contribution in [2.75, 3.05) is 6.54 Å². The van der Waals surface area contributed by atoms with Gasteiger partial charge in [-0.15, -0.1) is 0 Å². The van der Waals surface area contributed by atoms with E-state index in [-0.39, 0.29) is 5.75 Å². The van der Waals surface area contributed by atoms with Gasteiger partial charge in [0.2, 0.25) is 10.0 Å². The van der Waals surface area contributed by atoms with E-state index in [0.29, 0.717) is 25.1 Å². The van der Waals surface area contributed by atoms with Gasteiger partial charge in [0.25, 0.3) is 0 Å². The number of hydrogen-bond acceptors (Lipinski definition) is 3. The molecule has 2 aromatic carbocycles. The molecule has 1 heterocycles. The number of hydrogen-bond donors (Lipinski definition) is 3. The summed E-state index contributed by atoms with van der Waals surface area (Å²) >= 11 is 0. The maximum absolute atomic E-state index is 11.6. The van der Waals surface area contributed by atoms with Crippen LogP contribution in [0.1, 0.15) is 16.7 Å².